The van der Waals surface area contributed by atoms with Crippen LogP contribution in [0.25, 0.3) is 10.9 Å². The molecule has 4 rings (SSSR count). The number of fused-ring (bicyclic) bond motifs is 1. The lowest BCUT2D eigenvalue weighted by atomic mass is 9.98. The molecule has 0 radical (unpaired) electrons. The molecule has 6 nitrogen and oxygen atoms in total. The topological polar surface area (TPSA) is 74.6 Å². The summed E-state index contributed by atoms with van der Waals surface area (Å²) in [6.45, 7) is 3.84. The largest absolute Gasteiger partial charge is 0.477 e. The first kappa shape index (κ1) is 18.9. The number of carbonyl (C=O) groups is 1. The highest BCUT2D eigenvalue weighted by atomic mass is 19.1. The summed E-state index contributed by atoms with van der Waals surface area (Å²) < 4.78 is 32.0. The van der Waals surface area contributed by atoms with E-state index in [0.29, 0.717) is 13.1 Å². The zero-order chi connectivity index (χ0) is 20.2. The minimum atomic E-state index is -1.39. The fraction of sp³-hybridized carbons (Fsp3) is 0.500. The number of carboxylic acid groups (broad SMARTS) is 1. The third-order valence-corrected chi connectivity index (χ3v) is 5.91. The smallest absolute Gasteiger partial charge is 0.341 e. The van der Waals surface area contributed by atoms with Crippen molar-refractivity contribution in [2.45, 2.75) is 25.8 Å². The van der Waals surface area contributed by atoms with Crippen LogP contribution in [0.15, 0.2) is 17.1 Å². The van der Waals surface area contributed by atoms with Gasteiger partial charge in [0, 0.05) is 25.3 Å². The van der Waals surface area contributed by atoms with E-state index in [1.165, 1.54) is 10.8 Å². The lowest BCUT2D eigenvalue weighted by Crippen LogP contribution is -2.27. The maximum absolute atomic E-state index is 15.6. The maximum atomic E-state index is 15.6. The number of halogens is 2. The minimum absolute atomic E-state index is 0.00128. The SMILES string of the molecule is CNCC1CN(c2c(F)cc3c(=O)c(C(=O)O)cn(C4CC4)c3c2F)CC1C. The summed E-state index contributed by atoms with van der Waals surface area (Å²) in [5, 5.41) is 12.2. The highest BCUT2D eigenvalue weighted by Crippen LogP contribution is 2.40. The van der Waals surface area contributed by atoms with Crippen molar-refractivity contribution >= 4 is 22.6 Å². The molecular weight excluding hydrogens is 368 g/mol. The molecule has 2 aromatic rings. The van der Waals surface area contributed by atoms with Gasteiger partial charge in [0.1, 0.15) is 17.1 Å². The highest BCUT2D eigenvalue weighted by Gasteiger charge is 2.35. The zero-order valence-electron chi connectivity index (χ0n) is 15.8. The number of anilines is 1. The van der Waals surface area contributed by atoms with Crippen LogP contribution in [0.4, 0.5) is 14.5 Å². The standard InChI is InChI=1S/C20H23F2N3O3/c1-10-7-24(8-11(10)6-23-2)18-15(21)5-13-17(16(18)22)25(12-3-4-12)9-14(19(13)26)20(27)28/h5,9-12,23H,3-4,6-8H2,1-2H3,(H,27,28). The Labute approximate surface area is 160 Å². The molecule has 150 valence electrons. The van der Waals surface area contributed by atoms with E-state index in [4.69, 9.17) is 0 Å². The number of hydrogen-bond acceptors (Lipinski definition) is 4. The van der Waals surface area contributed by atoms with Gasteiger partial charge in [-0.3, -0.25) is 4.79 Å². The van der Waals surface area contributed by atoms with Crippen LogP contribution in [0.3, 0.4) is 0 Å². The van der Waals surface area contributed by atoms with E-state index in [2.05, 4.69) is 12.2 Å². The fourth-order valence-corrected chi connectivity index (χ4v) is 4.26. The molecule has 2 N–H and O–H groups in total. The monoisotopic (exact) mass is 391 g/mol. The fourth-order valence-electron chi connectivity index (χ4n) is 4.26. The Morgan fingerprint density at radius 2 is 2.04 bits per heavy atom. The molecule has 0 bridgehead atoms. The molecule has 1 aromatic heterocycles. The van der Waals surface area contributed by atoms with Crippen LogP contribution < -0.4 is 15.6 Å². The first-order valence-corrected chi connectivity index (χ1v) is 9.53. The molecule has 1 aliphatic heterocycles. The number of pyridine rings is 1. The zero-order valence-corrected chi connectivity index (χ0v) is 15.8. The third-order valence-electron chi connectivity index (χ3n) is 5.91. The second-order valence-electron chi connectivity index (χ2n) is 7.93. The van der Waals surface area contributed by atoms with Crippen LogP contribution in [0, 0.1) is 23.5 Å². The van der Waals surface area contributed by atoms with E-state index >= 15 is 4.39 Å². The summed E-state index contributed by atoms with van der Waals surface area (Å²) in [6.07, 6.45) is 2.74. The minimum Gasteiger partial charge on any atom is -0.477 e. The van der Waals surface area contributed by atoms with Crippen molar-refractivity contribution in [2.24, 2.45) is 11.8 Å². The Morgan fingerprint density at radius 1 is 1.32 bits per heavy atom. The van der Waals surface area contributed by atoms with Crippen molar-refractivity contribution in [3.05, 3.63) is 39.7 Å². The molecule has 2 unspecified atom stereocenters. The van der Waals surface area contributed by atoms with Crippen LogP contribution in [0.1, 0.15) is 36.2 Å². The third kappa shape index (κ3) is 2.96. The Balaban J connectivity index is 1.91. The van der Waals surface area contributed by atoms with Gasteiger partial charge in [0.2, 0.25) is 5.43 Å². The first-order valence-electron chi connectivity index (χ1n) is 9.53. The summed E-state index contributed by atoms with van der Waals surface area (Å²) >= 11 is 0. The lowest BCUT2D eigenvalue weighted by molar-refractivity contribution is 0.0695. The van der Waals surface area contributed by atoms with Crippen molar-refractivity contribution in [1.82, 2.24) is 9.88 Å². The molecule has 1 aromatic carbocycles. The molecule has 1 saturated heterocycles. The van der Waals surface area contributed by atoms with Crippen LogP contribution in [0.2, 0.25) is 0 Å². The van der Waals surface area contributed by atoms with Crippen LogP contribution in [-0.2, 0) is 0 Å². The number of aromatic carboxylic acids is 1. The molecule has 1 aliphatic carbocycles. The van der Waals surface area contributed by atoms with E-state index in [1.807, 2.05) is 7.05 Å². The van der Waals surface area contributed by atoms with Gasteiger partial charge >= 0.3 is 5.97 Å². The molecule has 2 aliphatic rings. The molecule has 0 amide bonds. The van der Waals surface area contributed by atoms with E-state index in [-0.39, 0.29) is 34.5 Å². The molecule has 2 fully saturated rings. The summed E-state index contributed by atoms with van der Waals surface area (Å²) in [6, 6.07) is 0.931. The Hall–Kier alpha value is -2.48. The number of rotatable bonds is 5. The number of nitrogens with zero attached hydrogens (tertiary/aromatic N) is 2. The normalized spacial score (nSPS) is 22.2. The second kappa shape index (κ2) is 6.84. The Bertz CT molecular complexity index is 1020. The van der Waals surface area contributed by atoms with Crippen molar-refractivity contribution in [2.75, 3.05) is 31.6 Å². The number of aromatic nitrogens is 1. The molecule has 1 saturated carbocycles. The number of carboxylic acids is 1. The summed E-state index contributed by atoms with van der Waals surface area (Å²) in [7, 11) is 1.85. The molecule has 28 heavy (non-hydrogen) atoms. The van der Waals surface area contributed by atoms with Gasteiger partial charge in [-0.05, 0) is 44.3 Å². The Morgan fingerprint density at radius 3 is 2.64 bits per heavy atom. The van der Waals surface area contributed by atoms with Gasteiger partial charge in [-0.25, -0.2) is 13.6 Å². The van der Waals surface area contributed by atoms with Crippen LogP contribution in [0.5, 0.6) is 0 Å². The highest BCUT2D eigenvalue weighted by molar-refractivity contribution is 5.94. The van der Waals surface area contributed by atoms with Crippen molar-refractivity contribution in [3.63, 3.8) is 0 Å². The van der Waals surface area contributed by atoms with Crippen molar-refractivity contribution in [1.29, 1.82) is 0 Å². The molecule has 0 spiro atoms. The second-order valence-corrected chi connectivity index (χ2v) is 7.93. The van der Waals surface area contributed by atoms with Crippen LogP contribution in [-0.4, -0.2) is 42.3 Å². The lowest BCUT2D eigenvalue weighted by Gasteiger charge is -2.22. The van der Waals surface area contributed by atoms with E-state index in [9.17, 15) is 19.1 Å². The molecule has 2 heterocycles. The van der Waals surface area contributed by atoms with Crippen molar-refractivity contribution < 1.29 is 18.7 Å². The van der Waals surface area contributed by atoms with Gasteiger partial charge in [-0.2, -0.15) is 0 Å². The van der Waals surface area contributed by atoms with Gasteiger partial charge < -0.3 is 19.9 Å². The molecule has 8 heteroatoms. The summed E-state index contributed by atoms with van der Waals surface area (Å²) in [4.78, 5) is 25.7. The number of nitrogens with one attached hydrogen (secondary N) is 1. The number of hydrogen-bond donors (Lipinski definition) is 2. The van der Waals surface area contributed by atoms with Gasteiger partial charge in [0.25, 0.3) is 0 Å². The van der Waals surface area contributed by atoms with Crippen LogP contribution >= 0.6 is 0 Å². The predicted molar refractivity (Wildman–Crippen MR) is 102 cm³/mol. The van der Waals surface area contributed by atoms with E-state index in [0.717, 1.165) is 25.5 Å². The summed E-state index contributed by atoms with van der Waals surface area (Å²) in [5.41, 5.74) is -1.45. The average molecular weight is 391 g/mol. The van der Waals surface area contributed by atoms with E-state index < -0.39 is 28.6 Å². The molecule has 2 atom stereocenters. The van der Waals surface area contributed by atoms with Gasteiger partial charge in [0.15, 0.2) is 5.82 Å². The number of benzene rings is 1. The average Bonchev–Trinajstić information content (AvgIpc) is 3.41. The van der Waals surface area contributed by atoms with Gasteiger partial charge in [-0.15, -0.1) is 0 Å². The predicted octanol–water partition coefficient (Wildman–Crippen LogP) is 2.60. The Kier molecular flexibility index (Phi) is 4.61. The first-order chi connectivity index (χ1) is 13.3. The van der Waals surface area contributed by atoms with Crippen molar-refractivity contribution in [3.8, 4) is 0 Å². The maximum Gasteiger partial charge on any atom is 0.341 e. The molecular formula is C20H23F2N3O3. The van der Waals surface area contributed by atoms with Gasteiger partial charge in [0.05, 0.1) is 10.9 Å². The van der Waals surface area contributed by atoms with E-state index in [1.54, 1.807) is 4.90 Å². The van der Waals surface area contributed by atoms with Gasteiger partial charge in [-0.1, -0.05) is 6.92 Å². The quantitative estimate of drug-likeness (QED) is 0.820. The summed E-state index contributed by atoms with van der Waals surface area (Å²) in [5.74, 6) is -2.48.